The summed E-state index contributed by atoms with van der Waals surface area (Å²) in [6.07, 6.45) is 0. The molecule has 0 aromatic rings. The lowest BCUT2D eigenvalue weighted by atomic mass is 10.8. The summed E-state index contributed by atoms with van der Waals surface area (Å²) in [5, 5.41) is 7.93. The van der Waals surface area contributed by atoms with Gasteiger partial charge in [-0.3, -0.25) is 13.7 Å². The molecule has 0 aliphatic carbocycles. The number of aliphatic hydroxyl groups excluding tert-OH is 1. The van der Waals surface area contributed by atoms with Crippen LogP contribution in [0.5, 0.6) is 0 Å². The van der Waals surface area contributed by atoms with Crippen LogP contribution in [0.25, 0.3) is 0 Å². The lowest BCUT2D eigenvalue weighted by Crippen LogP contribution is -2.06. The van der Waals surface area contributed by atoms with E-state index in [9.17, 15) is 8.42 Å². The zero-order valence-corrected chi connectivity index (χ0v) is 7.69. The summed E-state index contributed by atoms with van der Waals surface area (Å²) < 4.78 is 62.3. The fraction of sp³-hybridized carbons (Fsp3) is 1.00. The quantitative estimate of drug-likeness (QED) is 0.415. The van der Waals surface area contributed by atoms with E-state index in [1.54, 1.807) is 0 Å². The molecule has 0 amide bonds. The van der Waals surface area contributed by atoms with E-state index >= 15 is 0 Å². The highest BCUT2D eigenvalue weighted by Crippen LogP contribution is 1.81. The van der Waals surface area contributed by atoms with Crippen LogP contribution in [0.15, 0.2) is 0 Å². The van der Waals surface area contributed by atoms with Gasteiger partial charge < -0.3 is 5.11 Å². The van der Waals surface area contributed by atoms with Crippen molar-refractivity contribution in [2.75, 3.05) is 13.2 Å². The Labute approximate surface area is 74.5 Å². The van der Waals surface area contributed by atoms with Crippen LogP contribution in [0.1, 0.15) is 0 Å². The minimum absolute atomic E-state index is 0.404. The third-order valence-corrected chi connectivity index (χ3v) is 0.788. The fourth-order valence-electron chi connectivity index (χ4n) is 0.143. The Morgan fingerprint density at radius 2 is 1.31 bits per heavy atom. The van der Waals surface area contributed by atoms with E-state index in [-0.39, 0.29) is 0 Å². The van der Waals surface area contributed by atoms with Gasteiger partial charge in [0.15, 0.2) is 0 Å². The predicted octanol–water partition coefficient (Wildman–Crippen LogP) is -1.85. The van der Waals surface area contributed by atoms with E-state index < -0.39 is 34.0 Å². The second kappa shape index (κ2) is 6.20. The Morgan fingerprint density at radius 3 is 1.38 bits per heavy atom. The first-order valence-corrected chi connectivity index (χ1v) is 5.25. The average Bonchev–Trinajstić information content (AvgIpc) is 1.77. The maximum absolute atomic E-state index is 9.61. The molecule has 0 radical (unpaired) electrons. The molecule has 82 valence electrons. The number of hydrogen-bond acceptors (Lipinski definition) is 6. The van der Waals surface area contributed by atoms with Crippen LogP contribution in [-0.4, -0.2) is 48.8 Å². The van der Waals surface area contributed by atoms with Crippen molar-refractivity contribution in [3.05, 3.63) is 0 Å². The molecule has 0 heterocycles. The Kier molecular flexibility index (Phi) is 7.24. The van der Waals surface area contributed by atoms with Gasteiger partial charge in [-0.1, -0.05) is 0 Å². The molecular formula is C2H8O9S2. The minimum Gasteiger partial charge on any atom is -0.394 e. The van der Waals surface area contributed by atoms with Crippen molar-refractivity contribution in [1.29, 1.82) is 0 Å². The molecule has 0 bridgehead atoms. The van der Waals surface area contributed by atoms with Gasteiger partial charge in [0.05, 0.1) is 13.2 Å². The number of rotatable bonds is 3. The largest absolute Gasteiger partial charge is 0.397 e. The fourth-order valence-corrected chi connectivity index (χ4v) is 0.428. The first-order chi connectivity index (χ1) is 5.56. The van der Waals surface area contributed by atoms with Gasteiger partial charge in [-0.05, 0) is 0 Å². The molecule has 0 aliphatic rings. The Morgan fingerprint density at radius 1 is 1.00 bits per heavy atom. The van der Waals surface area contributed by atoms with Gasteiger partial charge in [0.2, 0.25) is 0 Å². The molecule has 0 aliphatic heterocycles. The third kappa shape index (κ3) is 49.8. The lowest BCUT2D eigenvalue weighted by Gasteiger charge is -1.92. The molecule has 0 fully saturated rings. The molecule has 0 spiro atoms. The normalized spacial score (nSPS) is 11.7. The molecule has 11 heteroatoms. The standard InChI is InChI=1S/C2H6O5S.H2O4S/c3-1-2-7-8(4,5)6;1-5(2,3)4/h3H,1-2H2,(H,4,5,6);(H2,1,2,3,4). The van der Waals surface area contributed by atoms with Crippen LogP contribution >= 0.6 is 0 Å². The first-order valence-electron chi connectivity index (χ1n) is 2.49. The second-order valence-corrected chi connectivity index (χ2v) is 3.41. The van der Waals surface area contributed by atoms with E-state index in [0.717, 1.165) is 0 Å². The van der Waals surface area contributed by atoms with Gasteiger partial charge in [-0.25, -0.2) is 4.18 Å². The van der Waals surface area contributed by atoms with E-state index in [1.165, 1.54) is 0 Å². The van der Waals surface area contributed by atoms with Gasteiger partial charge in [-0.2, -0.15) is 16.8 Å². The van der Waals surface area contributed by atoms with Crippen molar-refractivity contribution in [2.24, 2.45) is 0 Å². The SMILES string of the molecule is O=S(=O)(O)O.O=S(=O)(O)OCCO. The van der Waals surface area contributed by atoms with Crippen molar-refractivity contribution in [1.82, 2.24) is 0 Å². The summed E-state index contributed by atoms with van der Waals surface area (Å²) in [4.78, 5) is 0. The van der Waals surface area contributed by atoms with Crippen LogP contribution < -0.4 is 0 Å². The first kappa shape index (κ1) is 15.2. The van der Waals surface area contributed by atoms with Crippen molar-refractivity contribution in [3.8, 4) is 0 Å². The molecular weight excluding hydrogens is 232 g/mol. The lowest BCUT2D eigenvalue weighted by molar-refractivity contribution is 0.188. The van der Waals surface area contributed by atoms with Gasteiger partial charge in [0.1, 0.15) is 0 Å². The second-order valence-electron chi connectivity index (χ2n) is 1.42. The van der Waals surface area contributed by atoms with Crippen molar-refractivity contribution < 1.29 is 39.8 Å². The smallest absolute Gasteiger partial charge is 0.394 e. The van der Waals surface area contributed by atoms with E-state index in [0.29, 0.717) is 0 Å². The van der Waals surface area contributed by atoms with Crippen LogP contribution in [0, 0.1) is 0 Å². The highest BCUT2D eigenvalue weighted by atomic mass is 32.3. The van der Waals surface area contributed by atoms with E-state index in [1.807, 2.05) is 0 Å². The highest BCUT2D eigenvalue weighted by molar-refractivity contribution is 7.80. The summed E-state index contributed by atoms with van der Waals surface area (Å²) in [5.41, 5.74) is 0. The van der Waals surface area contributed by atoms with Crippen molar-refractivity contribution in [3.63, 3.8) is 0 Å². The molecule has 0 rings (SSSR count). The Hall–Kier alpha value is -0.300. The molecule has 4 N–H and O–H groups in total. The van der Waals surface area contributed by atoms with Crippen LogP contribution in [-0.2, 0) is 25.0 Å². The summed E-state index contributed by atoms with van der Waals surface area (Å²) in [6.45, 7) is -0.835. The van der Waals surface area contributed by atoms with Crippen molar-refractivity contribution in [2.45, 2.75) is 0 Å². The van der Waals surface area contributed by atoms with Crippen molar-refractivity contribution >= 4 is 20.8 Å². The van der Waals surface area contributed by atoms with Crippen LogP contribution in [0.2, 0.25) is 0 Å². The van der Waals surface area contributed by atoms with Crippen LogP contribution in [0.4, 0.5) is 0 Å². The van der Waals surface area contributed by atoms with Gasteiger partial charge in [-0.15, -0.1) is 0 Å². The summed E-state index contributed by atoms with van der Waals surface area (Å²) >= 11 is 0. The molecule has 9 nitrogen and oxygen atoms in total. The number of hydrogen-bond donors (Lipinski definition) is 4. The Bertz CT molecular complexity index is 289. The maximum atomic E-state index is 9.61. The molecule has 0 unspecified atom stereocenters. The predicted molar refractivity (Wildman–Crippen MR) is 38.8 cm³/mol. The summed E-state index contributed by atoms with van der Waals surface area (Å²) in [7, 11) is -9.01. The van der Waals surface area contributed by atoms with Gasteiger partial charge in [0.25, 0.3) is 0 Å². The monoisotopic (exact) mass is 240 g/mol. The molecule has 0 saturated carbocycles. The zero-order chi connectivity index (χ0) is 11.1. The molecule has 0 saturated heterocycles. The maximum Gasteiger partial charge on any atom is 0.397 e. The highest BCUT2D eigenvalue weighted by Gasteiger charge is 2.00. The van der Waals surface area contributed by atoms with Crippen LogP contribution in [0.3, 0.4) is 0 Å². The summed E-state index contributed by atoms with van der Waals surface area (Å²) in [5.74, 6) is 0. The minimum atomic E-state index is -4.67. The average molecular weight is 240 g/mol. The molecule has 0 aromatic carbocycles. The van der Waals surface area contributed by atoms with Gasteiger partial charge >= 0.3 is 20.8 Å². The summed E-state index contributed by atoms with van der Waals surface area (Å²) in [6, 6.07) is 0. The van der Waals surface area contributed by atoms with Gasteiger partial charge in [0, 0.05) is 0 Å². The van der Waals surface area contributed by atoms with E-state index in [2.05, 4.69) is 4.18 Å². The molecule has 0 atom stereocenters. The molecule has 0 aromatic heterocycles. The Balaban J connectivity index is 0. The number of aliphatic hydroxyl groups is 1. The third-order valence-electron chi connectivity index (χ3n) is 0.324. The molecule has 13 heavy (non-hydrogen) atoms. The topological polar surface area (TPSA) is 158 Å². The van der Waals surface area contributed by atoms with E-state index in [4.69, 9.17) is 27.2 Å². The zero-order valence-electron chi connectivity index (χ0n) is 6.06.